The molecule has 1 unspecified atom stereocenters. The van der Waals surface area contributed by atoms with Crippen LogP contribution in [0.25, 0.3) is 0 Å². The lowest BCUT2D eigenvalue weighted by molar-refractivity contribution is 0.0339. The SMILES string of the molecule is O=C1NC(CN2CCOCC2)CO1. The Morgan fingerprint density at radius 1 is 1.46 bits per heavy atom. The Kier molecular flexibility index (Phi) is 2.65. The molecule has 0 aromatic carbocycles. The number of hydrogen-bond acceptors (Lipinski definition) is 4. The molecule has 0 radical (unpaired) electrons. The lowest BCUT2D eigenvalue weighted by atomic mass is 10.3. The Morgan fingerprint density at radius 2 is 2.23 bits per heavy atom. The molecule has 1 amide bonds. The molecule has 2 heterocycles. The third-order valence-electron chi connectivity index (χ3n) is 2.32. The number of ether oxygens (including phenoxy) is 2. The number of cyclic esters (lactones) is 1. The fraction of sp³-hybridized carbons (Fsp3) is 0.875. The van der Waals surface area contributed by atoms with Crippen molar-refractivity contribution in [3.8, 4) is 0 Å². The molecule has 0 saturated carbocycles. The molecule has 5 nitrogen and oxygen atoms in total. The molecule has 0 spiro atoms. The summed E-state index contributed by atoms with van der Waals surface area (Å²) >= 11 is 0. The van der Waals surface area contributed by atoms with E-state index in [9.17, 15) is 4.79 Å². The van der Waals surface area contributed by atoms with Crippen LogP contribution in [0.5, 0.6) is 0 Å². The molecule has 2 rings (SSSR count). The average Bonchev–Trinajstić information content (AvgIpc) is 2.53. The molecule has 0 aliphatic carbocycles. The molecule has 1 N–H and O–H groups in total. The first-order chi connectivity index (χ1) is 6.34. The van der Waals surface area contributed by atoms with Crippen molar-refractivity contribution in [3.63, 3.8) is 0 Å². The molecular weight excluding hydrogens is 172 g/mol. The van der Waals surface area contributed by atoms with Gasteiger partial charge in [-0.15, -0.1) is 0 Å². The molecule has 1 atom stereocenters. The van der Waals surface area contributed by atoms with Crippen molar-refractivity contribution in [2.24, 2.45) is 0 Å². The third kappa shape index (κ3) is 2.32. The Balaban J connectivity index is 1.73. The van der Waals surface area contributed by atoms with E-state index in [1.165, 1.54) is 0 Å². The first kappa shape index (κ1) is 8.77. The summed E-state index contributed by atoms with van der Waals surface area (Å²) in [4.78, 5) is 13.0. The van der Waals surface area contributed by atoms with Crippen LogP contribution in [0.15, 0.2) is 0 Å². The largest absolute Gasteiger partial charge is 0.447 e. The van der Waals surface area contributed by atoms with Crippen LogP contribution < -0.4 is 5.32 Å². The van der Waals surface area contributed by atoms with E-state index in [2.05, 4.69) is 10.2 Å². The van der Waals surface area contributed by atoms with Crippen LogP contribution in [0.4, 0.5) is 4.79 Å². The molecule has 13 heavy (non-hydrogen) atoms. The summed E-state index contributed by atoms with van der Waals surface area (Å²) < 4.78 is 10.0. The van der Waals surface area contributed by atoms with E-state index in [0.717, 1.165) is 32.8 Å². The van der Waals surface area contributed by atoms with Gasteiger partial charge >= 0.3 is 6.09 Å². The van der Waals surface area contributed by atoms with E-state index in [-0.39, 0.29) is 12.1 Å². The summed E-state index contributed by atoms with van der Waals surface area (Å²) in [7, 11) is 0. The van der Waals surface area contributed by atoms with E-state index in [4.69, 9.17) is 9.47 Å². The number of rotatable bonds is 2. The molecule has 0 bridgehead atoms. The Hall–Kier alpha value is -0.810. The Bertz CT molecular complexity index is 192. The second-order valence-corrected chi connectivity index (χ2v) is 3.35. The zero-order valence-corrected chi connectivity index (χ0v) is 7.49. The molecule has 2 aliphatic heterocycles. The number of nitrogens with one attached hydrogen (secondary N) is 1. The summed E-state index contributed by atoms with van der Waals surface area (Å²) in [6, 6.07) is 0.158. The highest BCUT2D eigenvalue weighted by atomic mass is 16.6. The summed E-state index contributed by atoms with van der Waals surface area (Å²) in [6.07, 6.45) is -0.293. The van der Waals surface area contributed by atoms with Gasteiger partial charge in [-0.2, -0.15) is 0 Å². The van der Waals surface area contributed by atoms with Crippen molar-refractivity contribution < 1.29 is 14.3 Å². The van der Waals surface area contributed by atoms with Gasteiger partial charge in [0.1, 0.15) is 6.61 Å². The van der Waals surface area contributed by atoms with Gasteiger partial charge in [-0.25, -0.2) is 4.79 Å². The molecule has 2 aliphatic rings. The van der Waals surface area contributed by atoms with Gasteiger partial charge in [-0.1, -0.05) is 0 Å². The smallest absolute Gasteiger partial charge is 0.407 e. The number of hydrogen-bond donors (Lipinski definition) is 1. The molecule has 74 valence electrons. The second kappa shape index (κ2) is 3.93. The number of carbonyl (C=O) groups is 1. The minimum atomic E-state index is -0.293. The van der Waals surface area contributed by atoms with Crippen LogP contribution >= 0.6 is 0 Å². The van der Waals surface area contributed by atoms with Gasteiger partial charge in [0.25, 0.3) is 0 Å². The number of amides is 1. The van der Waals surface area contributed by atoms with E-state index in [0.29, 0.717) is 6.61 Å². The summed E-state index contributed by atoms with van der Waals surface area (Å²) in [5.74, 6) is 0. The maximum Gasteiger partial charge on any atom is 0.407 e. The summed E-state index contributed by atoms with van der Waals surface area (Å²) in [6.45, 7) is 4.85. The second-order valence-electron chi connectivity index (χ2n) is 3.35. The zero-order valence-electron chi connectivity index (χ0n) is 7.49. The van der Waals surface area contributed by atoms with Gasteiger partial charge in [0.05, 0.1) is 19.3 Å². The van der Waals surface area contributed by atoms with Crippen LogP contribution in [-0.4, -0.2) is 56.5 Å². The maximum absolute atomic E-state index is 10.7. The molecule has 5 heteroatoms. The predicted octanol–water partition coefficient (Wildman–Crippen LogP) is -0.573. The van der Waals surface area contributed by atoms with Crippen LogP contribution in [0.1, 0.15) is 0 Å². The Morgan fingerprint density at radius 3 is 2.85 bits per heavy atom. The molecular formula is C8H14N2O3. The van der Waals surface area contributed by atoms with Crippen LogP contribution in [0.3, 0.4) is 0 Å². The van der Waals surface area contributed by atoms with Gasteiger partial charge in [0.2, 0.25) is 0 Å². The summed E-state index contributed by atoms with van der Waals surface area (Å²) in [5, 5.41) is 2.76. The number of alkyl carbamates (subject to hydrolysis) is 1. The van der Waals surface area contributed by atoms with Gasteiger partial charge in [0.15, 0.2) is 0 Å². The lowest BCUT2D eigenvalue weighted by Gasteiger charge is -2.28. The van der Waals surface area contributed by atoms with Crippen molar-refractivity contribution in [2.75, 3.05) is 39.5 Å². The number of nitrogens with zero attached hydrogens (tertiary/aromatic N) is 1. The number of morpholine rings is 1. The van der Waals surface area contributed by atoms with E-state index < -0.39 is 0 Å². The summed E-state index contributed by atoms with van der Waals surface area (Å²) in [5.41, 5.74) is 0. The third-order valence-corrected chi connectivity index (χ3v) is 2.32. The van der Waals surface area contributed by atoms with E-state index in [1.807, 2.05) is 0 Å². The minimum Gasteiger partial charge on any atom is -0.447 e. The average molecular weight is 186 g/mol. The highest BCUT2D eigenvalue weighted by molar-refractivity contribution is 5.69. The van der Waals surface area contributed by atoms with E-state index in [1.54, 1.807) is 0 Å². The predicted molar refractivity (Wildman–Crippen MR) is 45.5 cm³/mol. The van der Waals surface area contributed by atoms with Crippen molar-refractivity contribution in [2.45, 2.75) is 6.04 Å². The van der Waals surface area contributed by atoms with Gasteiger partial charge in [-0.05, 0) is 0 Å². The molecule has 0 aromatic rings. The van der Waals surface area contributed by atoms with Crippen molar-refractivity contribution >= 4 is 6.09 Å². The molecule has 0 aromatic heterocycles. The van der Waals surface area contributed by atoms with Crippen molar-refractivity contribution in [1.29, 1.82) is 0 Å². The van der Waals surface area contributed by atoms with E-state index >= 15 is 0 Å². The highest BCUT2D eigenvalue weighted by Gasteiger charge is 2.24. The van der Waals surface area contributed by atoms with Crippen LogP contribution in [-0.2, 0) is 9.47 Å². The quantitative estimate of drug-likeness (QED) is 0.627. The first-order valence-corrected chi connectivity index (χ1v) is 4.58. The molecule has 2 fully saturated rings. The maximum atomic E-state index is 10.7. The fourth-order valence-corrected chi connectivity index (χ4v) is 1.62. The normalized spacial score (nSPS) is 29.8. The molecule has 2 saturated heterocycles. The fourth-order valence-electron chi connectivity index (χ4n) is 1.62. The van der Waals surface area contributed by atoms with Crippen LogP contribution in [0.2, 0.25) is 0 Å². The standard InChI is InChI=1S/C8H14N2O3/c11-8-9-7(6-13-8)5-10-1-3-12-4-2-10/h7H,1-6H2,(H,9,11). The highest BCUT2D eigenvalue weighted by Crippen LogP contribution is 2.03. The minimum absolute atomic E-state index is 0.158. The lowest BCUT2D eigenvalue weighted by Crippen LogP contribution is -2.44. The topological polar surface area (TPSA) is 50.8 Å². The van der Waals surface area contributed by atoms with Crippen molar-refractivity contribution in [3.05, 3.63) is 0 Å². The van der Waals surface area contributed by atoms with Crippen LogP contribution in [0, 0.1) is 0 Å². The number of carbonyl (C=O) groups excluding carboxylic acids is 1. The Labute approximate surface area is 77.0 Å². The van der Waals surface area contributed by atoms with Gasteiger partial charge in [0, 0.05) is 19.6 Å². The monoisotopic (exact) mass is 186 g/mol. The van der Waals surface area contributed by atoms with Gasteiger partial charge in [-0.3, -0.25) is 4.90 Å². The van der Waals surface area contributed by atoms with Crippen molar-refractivity contribution in [1.82, 2.24) is 10.2 Å². The first-order valence-electron chi connectivity index (χ1n) is 4.58. The zero-order chi connectivity index (χ0) is 9.10. The van der Waals surface area contributed by atoms with Gasteiger partial charge < -0.3 is 14.8 Å².